The van der Waals surface area contributed by atoms with Crippen molar-refractivity contribution in [3.63, 3.8) is 0 Å². The van der Waals surface area contributed by atoms with Crippen molar-refractivity contribution in [2.24, 2.45) is 5.92 Å². The number of carbonyl (C=O) groups excluding carboxylic acids is 2. The van der Waals surface area contributed by atoms with Gasteiger partial charge in [0.25, 0.3) is 5.78 Å². The zero-order valence-corrected chi connectivity index (χ0v) is 14.1. The molecular formula is C18H18O7. The third-order valence-electron chi connectivity index (χ3n) is 4.31. The molecule has 0 saturated carbocycles. The van der Waals surface area contributed by atoms with Gasteiger partial charge in [-0.25, -0.2) is 0 Å². The quantitative estimate of drug-likeness (QED) is 0.827. The van der Waals surface area contributed by atoms with Gasteiger partial charge in [0, 0.05) is 12.0 Å². The normalized spacial score (nSPS) is 19.8. The number of phenols is 1. The zero-order valence-electron chi connectivity index (χ0n) is 14.1. The molecule has 1 aromatic rings. The molecule has 1 atom stereocenters. The summed E-state index contributed by atoms with van der Waals surface area (Å²) in [4.78, 5) is 24.9. The van der Waals surface area contributed by atoms with Gasteiger partial charge in [-0.3, -0.25) is 9.59 Å². The number of hydrogen-bond acceptors (Lipinski definition) is 7. The molecule has 7 nitrogen and oxygen atoms in total. The average molecular weight is 346 g/mol. The van der Waals surface area contributed by atoms with Crippen molar-refractivity contribution < 1.29 is 33.6 Å². The number of aromatic hydroxyl groups is 1. The molecule has 1 heterocycles. The molecule has 1 aromatic carbocycles. The Balaban J connectivity index is 1.99. The van der Waals surface area contributed by atoms with Crippen LogP contribution in [0.2, 0.25) is 0 Å². The van der Waals surface area contributed by atoms with Crippen molar-refractivity contribution in [2.45, 2.75) is 6.42 Å². The van der Waals surface area contributed by atoms with E-state index in [1.807, 2.05) is 0 Å². The van der Waals surface area contributed by atoms with Gasteiger partial charge in [-0.05, 0) is 18.1 Å². The zero-order chi connectivity index (χ0) is 18.1. The first-order chi connectivity index (χ1) is 12.0. The number of fused-ring (bicyclic) bond motifs is 1. The van der Waals surface area contributed by atoms with Crippen LogP contribution in [-0.4, -0.2) is 44.6 Å². The van der Waals surface area contributed by atoms with E-state index >= 15 is 0 Å². The molecule has 1 aliphatic carbocycles. The summed E-state index contributed by atoms with van der Waals surface area (Å²) in [5.74, 6) is -0.548. The van der Waals surface area contributed by atoms with Gasteiger partial charge >= 0.3 is 0 Å². The predicted octanol–water partition coefficient (Wildman–Crippen LogP) is 1.53. The van der Waals surface area contributed by atoms with Crippen LogP contribution in [0.15, 0.2) is 35.3 Å². The smallest absolute Gasteiger partial charge is 0.262 e. The number of allylic oxidation sites excluding steroid dienone is 1. The first-order valence-electron chi connectivity index (χ1n) is 7.66. The van der Waals surface area contributed by atoms with Crippen LogP contribution < -0.4 is 9.47 Å². The summed E-state index contributed by atoms with van der Waals surface area (Å²) in [5.41, 5.74) is 1.04. The van der Waals surface area contributed by atoms with Crippen LogP contribution in [0.3, 0.4) is 0 Å². The molecule has 25 heavy (non-hydrogen) atoms. The lowest BCUT2D eigenvalue weighted by atomic mass is 9.84. The van der Waals surface area contributed by atoms with Crippen molar-refractivity contribution in [3.05, 3.63) is 40.9 Å². The summed E-state index contributed by atoms with van der Waals surface area (Å²) in [6.45, 7) is 0.157. The van der Waals surface area contributed by atoms with Gasteiger partial charge in [-0.1, -0.05) is 6.07 Å². The molecule has 1 N–H and O–H groups in total. The van der Waals surface area contributed by atoms with Crippen LogP contribution in [0.5, 0.6) is 17.2 Å². The fourth-order valence-electron chi connectivity index (χ4n) is 3.15. The number of methoxy groups -OCH3 is 3. The molecule has 0 spiro atoms. The second kappa shape index (κ2) is 6.51. The number of Topliss-reactive ketones (excluding diaryl/α,β-unsaturated/α-hetero) is 1. The minimum atomic E-state index is -0.464. The molecule has 0 bridgehead atoms. The van der Waals surface area contributed by atoms with Crippen molar-refractivity contribution >= 4 is 11.6 Å². The number of benzene rings is 1. The van der Waals surface area contributed by atoms with E-state index < -0.39 is 5.78 Å². The van der Waals surface area contributed by atoms with E-state index in [1.165, 1.54) is 33.5 Å². The SMILES string of the molecule is COC1=CC(=O)C([C@@H]2COc3c(ccc(O)c3OC)C2)=C(OC)C1=O. The van der Waals surface area contributed by atoms with Gasteiger partial charge in [0.15, 0.2) is 28.8 Å². The monoisotopic (exact) mass is 346 g/mol. The van der Waals surface area contributed by atoms with Crippen molar-refractivity contribution in [1.82, 2.24) is 0 Å². The lowest BCUT2D eigenvalue weighted by Crippen LogP contribution is -2.31. The van der Waals surface area contributed by atoms with Gasteiger partial charge in [-0.15, -0.1) is 0 Å². The first-order valence-corrected chi connectivity index (χ1v) is 7.66. The summed E-state index contributed by atoms with van der Waals surface area (Å²) in [7, 11) is 4.11. The van der Waals surface area contributed by atoms with E-state index in [0.29, 0.717) is 12.2 Å². The van der Waals surface area contributed by atoms with Gasteiger partial charge in [0.1, 0.15) is 0 Å². The molecule has 1 aliphatic heterocycles. The second-order valence-corrected chi connectivity index (χ2v) is 5.67. The second-order valence-electron chi connectivity index (χ2n) is 5.67. The van der Waals surface area contributed by atoms with Crippen molar-refractivity contribution in [2.75, 3.05) is 27.9 Å². The van der Waals surface area contributed by atoms with E-state index in [1.54, 1.807) is 6.07 Å². The highest BCUT2D eigenvalue weighted by molar-refractivity contribution is 6.21. The Hall–Kier alpha value is -2.96. The minimum absolute atomic E-state index is 0.0203. The lowest BCUT2D eigenvalue weighted by molar-refractivity contribution is -0.121. The largest absolute Gasteiger partial charge is 0.504 e. The van der Waals surface area contributed by atoms with E-state index in [2.05, 4.69) is 0 Å². The molecule has 0 radical (unpaired) electrons. The fraction of sp³-hybridized carbons (Fsp3) is 0.333. The van der Waals surface area contributed by atoms with Gasteiger partial charge in [0.2, 0.25) is 5.75 Å². The van der Waals surface area contributed by atoms with Crippen LogP contribution in [0.4, 0.5) is 0 Å². The number of carbonyl (C=O) groups is 2. The number of hydrogen-bond donors (Lipinski definition) is 1. The maximum atomic E-state index is 12.5. The standard InChI is InChI=1S/C18H18O7/c1-22-13-7-12(20)14(18(24-3)15(13)21)10-6-9-4-5-11(19)17(23-2)16(9)25-8-10/h4-5,7,10,19H,6,8H2,1-3H3/t10-/m0/s1. The average Bonchev–Trinajstić information content (AvgIpc) is 2.62. The van der Waals surface area contributed by atoms with Crippen LogP contribution in [-0.2, 0) is 25.5 Å². The molecular weight excluding hydrogens is 328 g/mol. The van der Waals surface area contributed by atoms with Crippen LogP contribution in [0.25, 0.3) is 0 Å². The summed E-state index contributed by atoms with van der Waals surface area (Å²) in [5, 5.41) is 9.84. The summed E-state index contributed by atoms with van der Waals surface area (Å²) >= 11 is 0. The minimum Gasteiger partial charge on any atom is -0.504 e. The Bertz CT molecular complexity index is 804. The van der Waals surface area contributed by atoms with Crippen LogP contribution >= 0.6 is 0 Å². The Morgan fingerprint density at radius 1 is 1.12 bits per heavy atom. The Labute approximate surface area is 144 Å². The highest BCUT2D eigenvalue weighted by atomic mass is 16.5. The van der Waals surface area contributed by atoms with Crippen LogP contribution in [0, 0.1) is 5.92 Å². The van der Waals surface area contributed by atoms with Gasteiger partial charge < -0.3 is 24.1 Å². The van der Waals surface area contributed by atoms with Crippen molar-refractivity contribution in [1.29, 1.82) is 0 Å². The third kappa shape index (κ3) is 2.71. The van der Waals surface area contributed by atoms with Gasteiger partial charge in [-0.2, -0.15) is 0 Å². The summed E-state index contributed by atoms with van der Waals surface area (Å²) in [6, 6.07) is 3.21. The Morgan fingerprint density at radius 3 is 2.52 bits per heavy atom. The number of ketones is 2. The fourth-order valence-corrected chi connectivity index (χ4v) is 3.15. The molecule has 0 fully saturated rings. The number of rotatable bonds is 4. The van der Waals surface area contributed by atoms with E-state index in [4.69, 9.17) is 18.9 Å². The molecule has 0 saturated heterocycles. The van der Waals surface area contributed by atoms with Crippen molar-refractivity contribution in [3.8, 4) is 17.2 Å². The number of ether oxygens (including phenoxy) is 4. The molecule has 0 aromatic heterocycles. The Kier molecular flexibility index (Phi) is 4.39. The van der Waals surface area contributed by atoms with Crippen LogP contribution in [0.1, 0.15) is 5.56 Å². The van der Waals surface area contributed by atoms with E-state index in [-0.39, 0.29) is 46.9 Å². The predicted molar refractivity (Wildman–Crippen MR) is 86.5 cm³/mol. The molecule has 7 heteroatoms. The third-order valence-corrected chi connectivity index (χ3v) is 4.31. The summed E-state index contributed by atoms with van der Waals surface area (Å²) in [6.07, 6.45) is 1.62. The maximum Gasteiger partial charge on any atom is 0.262 e. The maximum absolute atomic E-state index is 12.5. The highest BCUT2D eigenvalue weighted by Gasteiger charge is 2.37. The van der Waals surface area contributed by atoms with E-state index in [0.717, 1.165) is 5.56 Å². The van der Waals surface area contributed by atoms with Gasteiger partial charge in [0.05, 0.1) is 33.5 Å². The highest BCUT2D eigenvalue weighted by Crippen LogP contribution is 2.44. The Morgan fingerprint density at radius 2 is 1.88 bits per heavy atom. The molecule has 0 unspecified atom stereocenters. The molecule has 0 amide bonds. The summed E-state index contributed by atoms with van der Waals surface area (Å²) < 4.78 is 21.0. The number of phenolic OH excluding ortho intramolecular Hbond substituents is 1. The lowest BCUT2D eigenvalue weighted by Gasteiger charge is -2.29. The molecule has 2 aliphatic rings. The first kappa shape index (κ1) is 16.9. The molecule has 3 rings (SSSR count). The van der Waals surface area contributed by atoms with E-state index in [9.17, 15) is 14.7 Å². The molecule has 132 valence electrons. The topological polar surface area (TPSA) is 91.3 Å².